The first-order chi connectivity index (χ1) is 20.1. The Morgan fingerprint density at radius 1 is 0.744 bits per heavy atom. The van der Waals surface area contributed by atoms with Gasteiger partial charge in [0.15, 0.2) is 11.5 Å². The third kappa shape index (κ3) is 10.5. The van der Waals surface area contributed by atoms with Gasteiger partial charge in [-0.25, -0.2) is 16.8 Å². The largest absolute Gasteiger partial charge is 0.488 e. The van der Waals surface area contributed by atoms with Gasteiger partial charge in [0.05, 0.1) is 58.1 Å². The summed E-state index contributed by atoms with van der Waals surface area (Å²) < 4.78 is 61.3. The van der Waals surface area contributed by atoms with E-state index in [0.717, 1.165) is 81.0 Å². The van der Waals surface area contributed by atoms with Crippen molar-refractivity contribution in [1.82, 2.24) is 0 Å². The maximum absolute atomic E-state index is 11.7. The van der Waals surface area contributed by atoms with Crippen LogP contribution in [-0.4, -0.2) is 58.4 Å². The number of nitro groups is 2. The second-order valence-corrected chi connectivity index (χ2v) is 14.5. The number of nitrogens with zero attached hydrogens (tertiary/aromatic N) is 3. The Balaban J connectivity index is 0.000000236. The lowest BCUT2D eigenvalue weighted by Crippen LogP contribution is -2.27. The number of hydrogen-bond donors (Lipinski definition) is 1. The first-order valence-electron chi connectivity index (χ1n) is 14.0. The Kier molecular flexibility index (Phi) is 11.6. The first-order valence-corrected chi connectivity index (χ1v) is 17.7. The van der Waals surface area contributed by atoms with E-state index >= 15 is 0 Å². The molecular formula is C27H38N4O10S2. The molecule has 0 unspecified atom stereocenters. The molecule has 0 aromatic heterocycles. The summed E-state index contributed by atoms with van der Waals surface area (Å²) in [7, 11) is -5.54. The summed E-state index contributed by atoms with van der Waals surface area (Å²) in [5, 5.41) is 21.8. The van der Waals surface area contributed by atoms with Crippen LogP contribution in [0.1, 0.15) is 64.2 Å². The molecule has 16 heteroatoms. The summed E-state index contributed by atoms with van der Waals surface area (Å²) in [5.41, 5.74) is 0.309. The number of nitrogens with one attached hydrogen (secondary N) is 1. The average Bonchev–Trinajstić information content (AvgIpc) is 2.93. The quantitative estimate of drug-likeness (QED) is 0.260. The van der Waals surface area contributed by atoms with Crippen LogP contribution in [0.15, 0.2) is 36.4 Å². The average molecular weight is 643 g/mol. The van der Waals surface area contributed by atoms with Crippen molar-refractivity contribution in [2.45, 2.75) is 76.4 Å². The summed E-state index contributed by atoms with van der Waals surface area (Å²) in [6.07, 6.45) is 12.1. The van der Waals surface area contributed by atoms with Crippen LogP contribution in [0.25, 0.3) is 0 Å². The molecule has 2 fully saturated rings. The fraction of sp³-hybridized carbons (Fsp3) is 0.556. The number of rotatable bonds is 10. The third-order valence-corrected chi connectivity index (χ3v) is 8.94. The molecule has 1 N–H and O–H groups in total. The van der Waals surface area contributed by atoms with Crippen LogP contribution in [0.3, 0.4) is 0 Å². The molecule has 14 nitrogen and oxygen atoms in total. The fourth-order valence-corrected chi connectivity index (χ4v) is 5.96. The second kappa shape index (κ2) is 14.7. The SMILES string of the molecule is CN(c1ccc([N+](=O)[O-])cc1OC1CCCCC1)S(C)(=O)=O.CS(=O)(=O)Nc1ccc([N+](=O)[O-])cc1OC1CCCCC1. The van der Waals surface area contributed by atoms with E-state index in [1.54, 1.807) is 0 Å². The Bertz CT molecular complexity index is 1500. The molecule has 2 aromatic rings. The van der Waals surface area contributed by atoms with Crippen molar-refractivity contribution in [3.8, 4) is 11.5 Å². The van der Waals surface area contributed by atoms with Gasteiger partial charge in [-0.2, -0.15) is 0 Å². The fourth-order valence-electron chi connectivity index (χ4n) is 4.88. The molecule has 2 aliphatic rings. The molecule has 238 valence electrons. The summed E-state index contributed by atoms with van der Waals surface area (Å²) in [6.45, 7) is 0. The summed E-state index contributed by atoms with van der Waals surface area (Å²) >= 11 is 0. The molecule has 43 heavy (non-hydrogen) atoms. The Morgan fingerprint density at radius 3 is 1.63 bits per heavy atom. The number of nitro benzene ring substituents is 2. The van der Waals surface area contributed by atoms with Crippen LogP contribution >= 0.6 is 0 Å². The molecule has 0 amide bonds. The predicted molar refractivity (Wildman–Crippen MR) is 163 cm³/mol. The molecule has 0 aliphatic heterocycles. The topological polar surface area (TPSA) is 188 Å². The molecular weight excluding hydrogens is 604 g/mol. The predicted octanol–water partition coefficient (Wildman–Crippen LogP) is 5.38. The van der Waals surface area contributed by atoms with Crippen LogP contribution < -0.4 is 18.5 Å². The maximum atomic E-state index is 11.7. The lowest BCUT2D eigenvalue weighted by atomic mass is 9.98. The van der Waals surface area contributed by atoms with Crippen molar-refractivity contribution >= 4 is 42.8 Å². The number of benzene rings is 2. The van der Waals surface area contributed by atoms with Crippen molar-refractivity contribution in [3.63, 3.8) is 0 Å². The molecule has 0 atom stereocenters. The van der Waals surface area contributed by atoms with Crippen LogP contribution in [0.5, 0.6) is 11.5 Å². The van der Waals surface area contributed by atoms with Gasteiger partial charge in [-0.15, -0.1) is 0 Å². The molecule has 0 saturated heterocycles. The van der Waals surface area contributed by atoms with Crippen molar-refractivity contribution in [1.29, 1.82) is 0 Å². The van der Waals surface area contributed by atoms with Gasteiger partial charge in [0.1, 0.15) is 0 Å². The van der Waals surface area contributed by atoms with E-state index in [0.29, 0.717) is 5.69 Å². The Hall–Kier alpha value is -3.66. The minimum Gasteiger partial charge on any atom is -0.488 e. The van der Waals surface area contributed by atoms with Gasteiger partial charge in [-0.3, -0.25) is 29.3 Å². The van der Waals surface area contributed by atoms with Crippen LogP contribution in [-0.2, 0) is 20.0 Å². The van der Waals surface area contributed by atoms with Gasteiger partial charge < -0.3 is 9.47 Å². The number of anilines is 2. The molecule has 2 saturated carbocycles. The van der Waals surface area contributed by atoms with E-state index in [1.165, 1.54) is 43.4 Å². The molecule has 0 bridgehead atoms. The zero-order valence-corrected chi connectivity index (χ0v) is 26.1. The molecule has 2 aromatic carbocycles. The lowest BCUT2D eigenvalue weighted by molar-refractivity contribution is -0.385. The summed E-state index contributed by atoms with van der Waals surface area (Å²) in [4.78, 5) is 20.7. The van der Waals surface area contributed by atoms with Crippen LogP contribution in [0, 0.1) is 20.2 Å². The maximum Gasteiger partial charge on any atom is 0.273 e. The van der Waals surface area contributed by atoms with Gasteiger partial charge in [0.25, 0.3) is 11.4 Å². The van der Waals surface area contributed by atoms with Crippen LogP contribution in [0.4, 0.5) is 22.7 Å². The number of ether oxygens (including phenoxy) is 2. The zero-order chi connectivity index (χ0) is 31.8. The molecule has 0 spiro atoms. The molecule has 0 radical (unpaired) electrons. The van der Waals surface area contributed by atoms with Crippen molar-refractivity contribution in [2.24, 2.45) is 0 Å². The number of non-ortho nitro benzene ring substituents is 2. The van der Waals surface area contributed by atoms with Gasteiger partial charge >= 0.3 is 0 Å². The van der Waals surface area contributed by atoms with E-state index in [4.69, 9.17) is 9.47 Å². The molecule has 4 rings (SSSR count). The van der Waals surface area contributed by atoms with E-state index in [1.807, 2.05) is 0 Å². The highest BCUT2D eigenvalue weighted by molar-refractivity contribution is 7.92. The standard InChI is InChI=1S/C14H20N2O5S.C13H18N2O5S/c1-15(22(2,19)20)13-9-8-11(16(17)18)10-14(13)21-12-6-4-3-5-7-12;1-21(18,19)14-12-8-7-10(15(16)17)9-13(12)20-11-5-3-2-4-6-11/h8-10,12H,3-7H2,1-2H3;7-9,11,14H,2-6H2,1H3. The minimum atomic E-state index is -3.47. The number of hydrogen-bond acceptors (Lipinski definition) is 10. The Labute approximate surface area is 251 Å². The van der Waals surface area contributed by atoms with Crippen molar-refractivity contribution in [3.05, 3.63) is 56.6 Å². The minimum absolute atomic E-state index is 0.0255. The molecule has 0 heterocycles. The van der Waals surface area contributed by atoms with Gasteiger partial charge in [0.2, 0.25) is 20.0 Å². The van der Waals surface area contributed by atoms with Crippen molar-refractivity contribution in [2.75, 3.05) is 28.6 Å². The molecule has 2 aliphatic carbocycles. The third-order valence-electron chi connectivity index (χ3n) is 7.15. The van der Waals surface area contributed by atoms with E-state index in [9.17, 15) is 37.1 Å². The monoisotopic (exact) mass is 642 g/mol. The summed E-state index contributed by atoms with van der Waals surface area (Å²) in [6, 6.07) is 7.87. The highest BCUT2D eigenvalue weighted by Crippen LogP contribution is 2.36. The highest BCUT2D eigenvalue weighted by atomic mass is 32.2. The second-order valence-electron chi connectivity index (χ2n) is 10.7. The van der Waals surface area contributed by atoms with Crippen molar-refractivity contribution < 1.29 is 36.2 Å². The summed E-state index contributed by atoms with van der Waals surface area (Å²) in [5.74, 6) is 0.454. The van der Waals surface area contributed by atoms with E-state index < -0.39 is 29.9 Å². The van der Waals surface area contributed by atoms with Gasteiger partial charge in [-0.1, -0.05) is 12.8 Å². The number of sulfonamides is 2. The van der Waals surface area contributed by atoms with Crippen LogP contribution in [0.2, 0.25) is 0 Å². The first kappa shape index (κ1) is 33.8. The van der Waals surface area contributed by atoms with Gasteiger partial charge in [-0.05, 0) is 63.5 Å². The van der Waals surface area contributed by atoms with E-state index in [-0.39, 0.29) is 40.8 Å². The zero-order valence-electron chi connectivity index (χ0n) is 24.4. The Morgan fingerprint density at radius 2 is 1.19 bits per heavy atom. The lowest BCUT2D eigenvalue weighted by Gasteiger charge is -2.26. The smallest absolute Gasteiger partial charge is 0.273 e. The highest BCUT2D eigenvalue weighted by Gasteiger charge is 2.24. The van der Waals surface area contributed by atoms with E-state index in [2.05, 4.69) is 4.72 Å². The van der Waals surface area contributed by atoms with Gasteiger partial charge in [0, 0.05) is 19.2 Å². The normalized spacial score (nSPS) is 16.3.